The highest BCUT2D eigenvalue weighted by molar-refractivity contribution is 4.90. The topological polar surface area (TPSA) is 47.3 Å². The molecule has 0 saturated carbocycles. The van der Waals surface area contributed by atoms with Crippen molar-refractivity contribution < 1.29 is 4.74 Å². The van der Waals surface area contributed by atoms with E-state index in [9.17, 15) is 0 Å². The van der Waals surface area contributed by atoms with E-state index in [0.29, 0.717) is 12.1 Å². The van der Waals surface area contributed by atoms with Crippen LogP contribution in [0.1, 0.15) is 32.6 Å². The second kappa shape index (κ2) is 9.97. The van der Waals surface area contributed by atoms with Crippen molar-refractivity contribution >= 4 is 0 Å². The molecule has 0 radical (unpaired) electrons. The maximum atomic E-state index is 5.49. The number of ether oxygens (including phenoxy) is 1. The molecule has 88 valence electrons. The molecule has 0 aromatic heterocycles. The Bertz CT molecular complexity index is 177. The first-order valence-electron chi connectivity index (χ1n) is 5.66. The molecule has 0 bridgehead atoms. The summed E-state index contributed by atoms with van der Waals surface area (Å²) in [5.41, 5.74) is 5.49. The Kier molecular flexibility index (Phi) is 9.60. The van der Waals surface area contributed by atoms with Gasteiger partial charge in [0, 0.05) is 25.6 Å². The van der Waals surface area contributed by atoms with Crippen molar-refractivity contribution in [3.05, 3.63) is 0 Å². The van der Waals surface area contributed by atoms with E-state index in [1.807, 2.05) is 0 Å². The molecule has 0 amide bonds. The smallest absolute Gasteiger partial charge is 0.0615 e. The van der Waals surface area contributed by atoms with Crippen molar-refractivity contribution in [2.75, 3.05) is 20.3 Å². The third-order valence-corrected chi connectivity index (χ3v) is 2.45. The van der Waals surface area contributed by atoms with E-state index in [1.165, 1.54) is 0 Å². The lowest BCUT2D eigenvalue weighted by atomic mass is 10.1. The van der Waals surface area contributed by atoms with Gasteiger partial charge in [0.15, 0.2) is 0 Å². The Balaban J connectivity index is 3.94. The highest BCUT2D eigenvalue weighted by atomic mass is 16.5. The van der Waals surface area contributed by atoms with Crippen LogP contribution in [0.4, 0.5) is 0 Å². The SMILES string of the molecule is C#CCC(CC)NC(CCCN)COC. The molecule has 3 N–H and O–H groups in total. The third-order valence-electron chi connectivity index (χ3n) is 2.45. The van der Waals surface area contributed by atoms with Gasteiger partial charge in [0.25, 0.3) is 0 Å². The lowest BCUT2D eigenvalue weighted by molar-refractivity contribution is 0.155. The minimum Gasteiger partial charge on any atom is -0.383 e. The van der Waals surface area contributed by atoms with Crippen molar-refractivity contribution in [2.24, 2.45) is 5.73 Å². The first-order valence-corrected chi connectivity index (χ1v) is 5.66. The second-order valence-corrected chi connectivity index (χ2v) is 3.76. The van der Waals surface area contributed by atoms with Crippen LogP contribution < -0.4 is 11.1 Å². The molecular weight excluding hydrogens is 188 g/mol. The summed E-state index contributed by atoms with van der Waals surface area (Å²) in [7, 11) is 1.72. The molecule has 0 aliphatic rings. The van der Waals surface area contributed by atoms with Crippen molar-refractivity contribution in [1.29, 1.82) is 0 Å². The molecule has 3 nitrogen and oxygen atoms in total. The second-order valence-electron chi connectivity index (χ2n) is 3.76. The van der Waals surface area contributed by atoms with E-state index < -0.39 is 0 Å². The van der Waals surface area contributed by atoms with Crippen molar-refractivity contribution in [2.45, 2.75) is 44.7 Å². The summed E-state index contributed by atoms with van der Waals surface area (Å²) in [6.07, 6.45) is 9.21. The average Bonchev–Trinajstić information content (AvgIpc) is 2.25. The minimum atomic E-state index is 0.372. The van der Waals surface area contributed by atoms with Crippen molar-refractivity contribution in [1.82, 2.24) is 5.32 Å². The van der Waals surface area contributed by atoms with Gasteiger partial charge in [0.2, 0.25) is 0 Å². The van der Waals surface area contributed by atoms with Crippen LogP contribution in [0.25, 0.3) is 0 Å². The predicted molar refractivity (Wildman–Crippen MR) is 64.6 cm³/mol. The fourth-order valence-electron chi connectivity index (χ4n) is 1.58. The molecule has 0 spiro atoms. The Morgan fingerprint density at radius 3 is 2.67 bits per heavy atom. The zero-order valence-corrected chi connectivity index (χ0v) is 9.96. The van der Waals surface area contributed by atoms with E-state index in [-0.39, 0.29) is 0 Å². The van der Waals surface area contributed by atoms with Gasteiger partial charge in [-0.2, -0.15) is 0 Å². The Morgan fingerprint density at radius 2 is 2.20 bits per heavy atom. The molecule has 0 aliphatic carbocycles. The number of nitrogens with two attached hydrogens (primary N) is 1. The lowest BCUT2D eigenvalue weighted by Gasteiger charge is -2.23. The van der Waals surface area contributed by atoms with Gasteiger partial charge in [0.05, 0.1) is 6.61 Å². The summed E-state index contributed by atoms with van der Waals surface area (Å²) in [6.45, 7) is 3.59. The first kappa shape index (κ1) is 14.4. The molecule has 0 aromatic carbocycles. The van der Waals surface area contributed by atoms with Gasteiger partial charge in [-0.05, 0) is 25.8 Å². The molecule has 0 fully saturated rings. The number of methoxy groups -OCH3 is 1. The maximum absolute atomic E-state index is 5.49. The molecule has 3 heteroatoms. The number of terminal acetylenes is 1. The van der Waals surface area contributed by atoms with Gasteiger partial charge in [-0.15, -0.1) is 12.3 Å². The summed E-state index contributed by atoms with van der Waals surface area (Å²) in [5, 5.41) is 3.52. The third kappa shape index (κ3) is 7.38. The highest BCUT2D eigenvalue weighted by Gasteiger charge is 2.12. The van der Waals surface area contributed by atoms with E-state index in [1.54, 1.807) is 7.11 Å². The molecular formula is C12H24N2O. The molecule has 2 atom stereocenters. The molecule has 0 aromatic rings. The fraction of sp³-hybridized carbons (Fsp3) is 0.833. The van der Waals surface area contributed by atoms with Gasteiger partial charge in [-0.3, -0.25) is 0 Å². The van der Waals surface area contributed by atoms with Crippen LogP contribution in [-0.2, 0) is 4.74 Å². The van der Waals surface area contributed by atoms with Crippen LogP contribution in [0.15, 0.2) is 0 Å². The number of rotatable bonds is 9. The van der Waals surface area contributed by atoms with Gasteiger partial charge in [-0.25, -0.2) is 0 Å². The van der Waals surface area contributed by atoms with Gasteiger partial charge < -0.3 is 15.8 Å². The summed E-state index contributed by atoms with van der Waals surface area (Å²) in [5.74, 6) is 2.69. The average molecular weight is 212 g/mol. The summed E-state index contributed by atoms with van der Waals surface area (Å²) in [4.78, 5) is 0. The van der Waals surface area contributed by atoms with Crippen LogP contribution in [-0.4, -0.2) is 32.3 Å². The Labute approximate surface area is 93.8 Å². The van der Waals surface area contributed by atoms with Crippen LogP contribution >= 0.6 is 0 Å². The van der Waals surface area contributed by atoms with E-state index in [2.05, 4.69) is 18.2 Å². The van der Waals surface area contributed by atoms with Crippen molar-refractivity contribution in [3.8, 4) is 12.3 Å². The minimum absolute atomic E-state index is 0.372. The largest absolute Gasteiger partial charge is 0.383 e. The molecule has 2 unspecified atom stereocenters. The van der Waals surface area contributed by atoms with Crippen LogP contribution in [0.5, 0.6) is 0 Å². The van der Waals surface area contributed by atoms with Crippen molar-refractivity contribution in [3.63, 3.8) is 0 Å². The summed E-state index contributed by atoms with van der Waals surface area (Å²) in [6, 6.07) is 0.768. The number of nitrogens with one attached hydrogen (secondary N) is 1. The zero-order chi connectivity index (χ0) is 11.5. The van der Waals surface area contributed by atoms with E-state index in [0.717, 1.165) is 38.8 Å². The number of hydrogen-bond acceptors (Lipinski definition) is 3. The Hall–Kier alpha value is -0.560. The quantitative estimate of drug-likeness (QED) is 0.563. The molecule has 15 heavy (non-hydrogen) atoms. The van der Waals surface area contributed by atoms with Gasteiger partial charge >= 0.3 is 0 Å². The molecule has 0 saturated heterocycles. The first-order chi connectivity index (χ1) is 7.28. The fourth-order valence-corrected chi connectivity index (χ4v) is 1.58. The molecule has 0 rings (SSSR count). The summed E-state index contributed by atoms with van der Waals surface area (Å²) < 4.78 is 5.17. The normalized spacial score (nSPS) is 14.5. The Morgan fingerprint density at radius 1 is 1.47 bits per heavy atom. The lowest BCUT2D eigenvalue weighted by Crippen LogP contribution is -2.40. The monoisotopic (exact) mass is 212 g/mol. The zero-order valence-electron chi connectivity index (χ0n) is 9.96. The van der Waals surface area contributed by atoms with Crippen LogP contribution in [0.2, 0.25) is 0 Å². The van der Waals surface area contributed by atoms with Gasteiger partial charge in [0.1, 0.15) is 0 Å². The predicted octanol–water partition coefficient (Wildman–Crippen LogP) is 1.13. The van der Waals surface area contributed by atoms with Crippen LogP contribution in [0, 0.1) is 12.3 Å². The maximum Gasteiger partial charge on any atom is 0.0615 e. The summed E-state index contributed by atoms with van der Waals surface area (Å²) >= 11 is 0. The molecule has 0 aliphatic heterocycles. The van der Waals surface area contributed by atoms with E-state index in [4.69, 9.17) is 16.9 Å². The highest BCUT2D eigenvalue weighted by Crippen LogP contribution is 2.03. The number of hydrogen-bond donors (Lipinski definition) is 2. The van der Waals surface area contributed by atoms with E-state index >= 15 is 0 Å². The molecule has 0 heterocycles. The van der Waals surface area contributed by atoms with Crippen LogP contribution in [0.3, 0.4) is 0 Å². The van der Waals surface area contributed by atoms with Gasteiger partial charge in [-0.1, -0.05) is 6.92 Å². The standard InChI is InChI=1S/C12H24N2O/c1-4-7-11(5-2)14-12(10-15-3)8-6-9-13/h1,11-12,14H,5-10,13H2,2-3H3.